The Morgan fingerprint density at radius 1 is 1.05 bits per heavy atom. The van der Waals surface area contributed by atoms with Crippen LogP contribution >= 0.6 is 11.8 Å². The molecule has 1 fully saturated rings. The van der Waals surface area contributed by atoms with E-state index in [1.165, 1.54) is 16.7 Å². The van der Waals surface area contributed by atoms with Crippen LogP contribution in [0.3, 0.4) is 0 Å². The zero-order valence-corrected chi connectivity index (χ0v) is 24.7. The zero-order chi connectivity index (χ0) is 30.6. The first kappa shape index (κ1) is 31.7. The standard InChI is InChI=1S/C30H36F3N3O5S/c1-4-40-30(39)27(17(2)3)41-22-6-5-19-16-35(8-7-18(19)12-22)28(38)29-36(9-10-42-29)26(37)14-21(34)11-20-13-24(32)25(33)15-23(20)31/h5-6,12-13,15,17,21,27,29H,4,7-11,14,16,34H2,1-3H3. The van der Waals surface area contributed by atoms with Gasteiger partial charge in [-0.1, -0.05) is 19.9 Å². The third-order valence-corrected chi connectivity index (χ3v) is 8.51. The maximum atomic E-state index is 14.0. The number of rotatable bonds is 10. The van der Waals surface area contributed by atoms with E-state index in [9.17, 15) is 27.6 Å². The summed E-state index contributed by atoms with van der Waals surface area (Å²) in [5.41, 5.74) is 7.93. The number of thioether (sulfide) groups is 1. The number of halogens is 3. The molecule has 0 aliphatic carbocycles. The molecule has 42 heavy (non-hydrogen) atoms. The number of carbonyl (C=O) groups is 3. The van der Waals surface area contributed by atoms with Gasteiger partial charge in [0, 0.05) is 49.8 Å². The number of nitrogens with zero attached hydrogens (tertiary/aromatic N) is 2. The van der Waals surface area contributed by atoms with Gasteiger partial charge in [0.15, 0.2) is 23.1 Å². The van der Waals surface area contributed by atoms with E-state index in [2.05, 4.69) is 0 Å². The minimum atomic E-state index is -1.29. The van der Waals surface area contributed by atoms with E-state index in [1.807, 2.05) is 26.0 Å². The molecule has 2 aromatic carbocycles. The molecule has 228 valence electrons. The number of carbonyl (C=O) groups excluding carboxylic acids is 3. The van der Waals surface area contributed by atoms with Crippen molar-refractivity contribution in [2.45, 2.75) is 64.1 Å². The van der Waals surface area contributed by atoms with Crippen LogP contribution in [0.4, 0.5) is 13.2 Å². The first-order valence-electron chi connectivity index (χ1n) is 14.0. The lowest BCUT2D eigenvalue weighted by molar-refractivity contribution is -0.153. The SMILES string of the molecule is CCOC(=O)C(Oc1ccc2c(c1)CCN(C(=O)C1SCCN1C(=O)CC(N)Cc1cc(F)c(F)cc1F)C2)C(C)C. The fourth-order valence-corrected chi connectivity index (χ4v) is 6.34. The van der Waals surface area contributed by atoms with Crippen molar-refractivity contribution in [1.29, 1.82) is 0 Å². The van der Waals surface area contributed by atoms with Gasteiger partial charge < -0.3 is 25.0 Å². The third kappa shape index (κ3) is 7.38. The topological polar surface area (TPSA) is 102 Å². The molecule has 3 atom stereocenters. The molecule has 1 saturated heterocycles. The molecule has 0 spiro atoms. The van der Waals surface area contributed by atoms with Crippen molar-refractivity contribution in [2.24, 2.45) is 11.7 Å². The van der Waals surface area contributed by atoms with Crippen LogP contribution in [0.5, 0.6) is 5.75 Å². The van der Waals surface area contributed by atoms with Crippen molar-refractivity contribution >= 4 is 29.5 Å². The van der Waals surface area contributed by atoms with E-state index in [0.717, 1.165) is 17.2 Å². The first-order valence-corrected chi connectivity index (χ1v) is 15.1. The Morgan fingerprint density at radius 3 is 2.50 bits per heavy atom. The average molecular weight is 608 g/mol. The summed E-state index contributed by atoms with van der Waals surface area (Å²) < 4.78 is 51.9. The molecule has 0 radical (unpaired) electrons. The van der Waals surface area contributed by atoms with Crippen LogP contribution in [0, 0.1) is 23.4 Å². The van der Waals surface area contributed by atoms with Gasteiger partial charge in [-0.25, -0.2) is 18.0 Å². The monoisotopic (exact) mass is 607 g/mol. The Kier molecular flexibility index (Phi) is 10.4. The number of benzene rings is 2. The first-order chi connectivity index (χ1) is 20.0. The molecule has 2 heterocycles. The molecular formula is C30H36F3N3O5S. The van der Waals surface area contributed by atoms with E-state index in [-0.39, 0.29) is 42.7 Å². The molecule has 2 aliphatic rings. The lowest BCUT2D eigenvalue weighted by Gasteiger charge is -2.33. The predicted octanol–water partition coefficient (Wildman–Crippen LogP) is 3.82. The molecular weight excluding hydrogens is 571 g/mol. The maximum absolute atomic E-state index is 14.0. The van der Waals surface area contributed by atoms with Gasteiger partial charge in [0.1, 0.15) is 11.6 Å². The molecule has 0 saturated carbocycles. The van der Waals surface area contributed by atoms with E-state index in [0.29, 0.717) is 43.6 Å². The number of amides is 2. The van der Waals surface area contributed by atoms with Crippen LogP contribution in [0.2, 0.25) is 0 Å². The normalized spacial score (nSPS) is 18.0. The number of esters is 1. The summed E-state index contributed by atoms with van der Waals surface area (Å²) in [5, 5.41) is -0.703. The van der Waals surface area contributed by atoms with E-state index >= 15 is 0 Å². The van der Waals surface area contributed by atoms with Gasteiger partial charge in [0.25, 0.3) is 5.91 Å². The molecule has 2 amide bonds. The summed E-state index contributed by atoms with van der Waals surface area (Å²) in [6.07, 6.45) is -0.463. The Morgan fingerprint density at radius 2 is 1.79 bits per heavy atom. The Balaban J connectivity index is 1.36. The fraction of sp³-hybridized carbons (Fsp3) is 0.500. The van der Waals surface area contributed by atoms with Gasteiger partial charge in [-0.05, 0) is 54.7 Å². The maximum Gasteiger partial charge on any atom is 0.347 e. The second-order valence-electron chi connectivity index (χ2n) is 10.8. The minimum Gasteiger partial charge on any atom is -0.478 e. The summed E-state index contributed by atoms with van der Waals surface area (Å²) >= 11 is 1.38. The summed E-state index contributed by atoms with van der Waals surface area (Å²) in [7, 11) is 0. The van der Waals surface area contributed by atoms with Crippen LogP contribution in [-0.2, 0) is 38.5 Å². The number of ether oxygens (including phenoxy) is 2. The highest BCUT2D eigenvalue weighted by atomic mass is 32.2. The Labute approximate surface area is 247 Å². The lowest BCUT2D eigenvalue weighted by atomic mass is 9.99. The highest BCUT2D eigenvalue weighted by molar-refractivity contribution is 8.00. The van der Waals surface area contributed by atoms with Gasteiger partial charge in [0.05, 0.1) is 6.61 Å². The van der Waals surface area contributed by atoms with E-state index in [1.54, 1.807) is 17.9 Å². The average Bonchev–Trinajstić information content (AvgIpc) is 3.44. The molecule has 8 nitrogen and oxygen atoms in total. The van der Waals surface area contributed by atoms with Gasteiger partial charge >= 0.3 is 5.97 Å². The van der Waals surface area contributed by atoms with Crippen molar-refractivity contribution in [3.63, 3.8) is 0 Å². The third-order valence-electron chi connectivity index (χ3n) is 7.32. The number of hydrogen-bond acceptors (Lipinski definition) is 7. The largest absolute Gasteiger partial charge is 0.478 e. The smallest absolute Gasteiger partial charge is 0.347 e. The predicted molar refractivity (Wildman–Crippen MR) is 152 cm³/mol. The Bertz CT molecular complexity index is 1330. The lowest BCUT2D eigenvalue weighted by Crippen LogP contribution is -2.49. The molecule has 3 unspecified atom stereocenters. The van der Waals surface area contributed by atoms with Gasteiger partial charge in [-0.15, -0.1) is 11.8 Å². The fourth-order valence-electron chi connectivity index (χ4n) is 5.12. The van der Waals surface area contributed by atoms with Crippen molar-refractivity contribution in [1.82, 2.24) is 9.80 Å². The van der Waals surface area contributed by atoms with Crippen LogP contribution in [0.15, 0.2) is 30.3 Å². The quantitative estimate of drug-likeness (QED) is 0.324. The van der Waals surface area contributed by atoms with Crippen LogP contribution in [-0.4, -0.2) is 70.6 Å². The van der Waals surface area contributed by atoms with Crippen LogP contribution < -0.4 is 10.5 Å². The second-order valence-corrected chi connectivity index (χ2v) is 12.0. The molecule has 0 bridgehead atoms. The van der Waals surface area contributed by atoms with E-state index < -0.39 is 40.9 Å². The van der Waals surface area contributed by atoms with Crippen molar-refractivity contribution in [3.05, 3.63) is 64.5 Å². The van der Waals surface area contributed by atoms with Gasteiger partial charge in [0.2, 0.25) is 5.91 Å². The molecule has 4 rings (SSSR count). The van der Waals surface area contributed by atoms with E-state index in [4.69, 9.17) is 15.2 Å². The van der Waals surface area contributed by atoms with Crippen molar-refractivity contribution < 1.29 is 37.0 Å². The molecule has 0 aromatic heterocycles. The van der Waals surface area contributed by atoms with Gasteiger partial charge in [-0.3, -0.25) is 9.59 Å². The second kappa shape index (κ2) is 13.8. The molecule has 2 N–H and O–H groups in total. The highest BCUT2D eigenvalue weighted by Crippen LogP contribution is 2.31. The minimum absolute atomic E-state index is 0.0793. The molecule has 2 aromatic rings. The summed E-state index contributed by atoms with van der Waals surface area (Å²) in [6, 6.07) is 5.92. The van der Waals surface area contributed by atoms with Crippen molar-refractivity contribution in [3.8, 4) is 5.75 Å². The summed E-state index contributed by atoms with van der Waals surface area (Å²) in [5.74, 6) is -3.29. The van der Waals surface area contributed by atoms with Crippen molar-refractivity contribution in [2.75, 3.05) is 25.4 Å². The number of hydrogen-bond donors (Lipinski definition) is 1. The Hall–Kier alpha value is -3.25. The zero-order valence-electron chi connectivity index (χ0n) is 23.9. The molecule has 12 heteroatoms. The van der Waals surface area contributed by atoms with Crippen LogP contribution in [0.25, 0.3) is 0 Å². The summed E-state index contributed by atoms with van der Waals surface area (Å²) in [6.45, 7) is 6.98. The summed E-state index contributed by atoms with van der Waals surface area (Å²) in [4.78, 5) is 42.1. The highest BCUT2D eigenvalue weighted by Gasteiger charge is 2.38. The van der Waals surface area contributed by atoms with Crippen LogP contribution in [0.1, 0.15) is 43.9 Å². The van der Waals surface area contributed by atoms with Gasteiger partial charge in [-0.2, -0.15) is 0 Å². The molecule has 2 aliphatic heterocycles. The number of nitrogens with two attached hydrogens (primary N) is 1. The number of fused-ring (bicyclic) bond motifs is 1.